The van der Waals surface area contributed by atoms with Crippen molar-refractivity contribution < 1.29 is 18.3 Å². The Kier molecular flexibility index (Phi) is 5.64. The lowest BCUT2D eigenvalue weighted by Crippen LogP contribution is -2.40. The van der Waals surface area contributed by atoms with Crippen LogP contribution in [0, 0.1) is 5.92 Å². The number of hydrogen-bond acceptors (Lipinski definition) is 2. The Morgan fingerprint density at radius 1 is 1.19 bits per heavy atom. The van der Waals surface area contributed by atoms with E-state index in [9.17, 15) is 8.78 Å². The van der Waals surface area contributed by atoms with Gasteiger partial charge < -0.3 is 9.47 Å². The molecule has 2 aromatic rings. The predicted octanol–water partition coefficient (Wildman–Crippen LogP) is 6.42. The fraction of sp³-hybridized carbons (Fsp3) is 0.304. The molecule has 0 saturated carbocycles. The van der Waals surface area contributed by atoms with Crippen LogP contribution in [0.2, 0.25) is 0 Å². The minimum absolute atomic E-state index is 0.249. The van der Waals surface area contributed by atoms with Gasteiger partial charge in [0.2, 0.25) is 0 Å². The number of benzene rings is 2. The molecule has 1 atom stereocenters. The van der Waals surface area contributed by atoms with Gasteiger partial charge >= 0.3 is 6.11 Å². The predicted molar refractivity (Wildman–Crippen MR) is 104 cm³/mol. The maximum Gasteiger partial charge on any atom is 0.405 e. The smallest absolute Gasteiger partial charge is 0.405 e. The van der Waals surface area contributed by atoms with Gasteiger partial charge in [-0.1, -0.05) is 49.4 Å². The Bertz CT molecular complexity index is 851. The van der Waals surface area contributed by atoms with Crippen molar-refractivity contribution >= 4 is 0 Å². The number of halogens is 2. The van der Waals surface area contributed by atoms with Crippen LogP contribution in [0.15, 0.2) is 66.3 Å². The zero-order chi connectivity index (χ0) is 19.4. The number of ether oxygens (including phenoxy) is 2. The summed E-state index contributed by atoms with van der Waals surface area (Å²) in [6, 6.07) is 13.0. The van der Waals surface area contributed by atoms with Crippen LogP contribution in [0.1, 0.15) is 25.8 Å². The number of rotatable bonds is 5. The van der Waals surface area contributed by atoms with Crippen molar-refractivity contribution in [2.24, 2.45) is 5.92 Å². The van der Waals surface area contributed by atoms with Gasteiger partial charge in [-0.25, -0.2) is 0 Å². The Morgan fingerprint density at radius 2 is 1.89 bits per heavy atom. The van der Waals surface area contributed by atoms with E-state index < -0.39 is 12.0 Å². The highest BCUT2D eigenvalue weighted by atomic mass is 19.3. The Morgan fingerprint density at radius 3 is 2.52 bits per heavy atom. The van der Waals surface area contributed by atoms with E-state index in [1.807, 2.05) is 49.4 Å². The molecular weight excluding hydrogens is 346 g/mol. The van der Waals surface area contributed by atoms with Gasteiger partial charge in [0.1, 0.15) is 11.5 Å². The summed E-state index contributed by atoms with van der Waals surface area (Å²) in [6.07, 6.45) is 3.22. The van der Waals surface area contributed by atoms with Crippen molar-refractivity contribution in [3.63, 3.8) is 0 Å². The molecule has 2 aromatic carbocycles. The van der Waals surface area contributed by atoms with Crippen LogP contribution in [0.5, 0.6) is 11.5 Å². The minimum atomic E-state index is -3.24. The molecule has 0 saturated heterocycles. The van der Waals surface area contributed by atoms with E-state index in [1.165, 1.54) is 0 Å². The zero-order valence-corrected chi connectivity index (χ0v) is 15.8. The lowest BCUT2D eigenvalue weighted by atomic mass is 9.87. The van der Waals surface area contributed by atoms with Crippen molar-refractivity contribution in [3.8, 4) is 22.6 Å². The molecule has 1 aliphatic rings. The van der Waals surface area contributed by atoms with Crippen LogP contribution in [0.3, 0.4) is 0 Å². The van der Waals surface area contributed by atoms with Crippen molar-refractivity contribution in [1.82, 2.24) is 0 Å². The SMILES string of the molecule is C/C=C(\C=C/CC)C1Cc2ccc(-c3ccc(OC)cc3)cc2OC1(F)F. The third kappa shape index (κ3) is 4.05. The molecule has 1 unspecified atom stereocenters. The molecule has 142 valence electrons. The van der Waals surface area contributed by atoms with Crippen molar-refractivity contribution in [1.29, 1.82) is 0 Å². The first kappa shape index (κ1) is 19.2. The summed E-state index contributed by atoms with van der Waals surface area (Å²) in [7, 11) is 1.61. The first-order valence-electron chi connectivity index (χ1n) is 9.15. The van der Waals surface area contributed by atoms with Crippen LogP contribution >= 0.6 is 0 Å². The molecule has 4 heteroatoms. The lowest BCUT2D eigenvalue weighted by molar-refractivity contribution is -0.213. The normalized spacial score (nSPS) is 18.9. The van der Waals surface area contributed by atoms with Gasteiger partial charge in [-0.3, -0.25) is 0 Å². The highest BCUT2D eigenvalue weighted by molar-refractivity contribution is 5.67. The van der Waals surface area contributed by atoms with E-state index in [-0.39, 0.29) is 12.2 Å². The highest BCUT2D eigenvalue weighted by Crippen LogP contribution is 2.44. The van der Waals surface area contributed by atoms with E-state index in [0.29, 0.717) is 5.57 Å². The third-order valence-electron chi connectivity index (χ3n) is 4.85. The van der Waals surface area contributed by atoms with Crippen molar-refractivity contribution in [3.05, 3.63) is 71.8 Å². The zero-order valence-electron chi connectivity index (χ0n) is 15.8. The van der Waals surface area contributed by atoms with E-state index in [4.69, 9.17) is 9.47 Å². The van der Waals surface area contributed by atoms with Crippen LogP contribution in [-0.4, -0.2) is 13.2 Å². The third-order valence-corrected chi connectivity index (χ3v) is 4.85. The van der Waals surface area contributed by atoms with Gasteiger partial charge in [-0.15, -0.1) is 0 Å². The van der Waals surface area contributed by atoms with Gasteiger partial charge in [-0.2, -0.15) is 8.78 Å². The first-order chi connectivity index (χ1) is 13.0. The van der Waals surface area contributed by atoms with Crippen molar-refractivity contribution in [2.45, 2.75) is 32.8 Å². The number of methoxy groups -OCH3 is 1. The fourth-order valence-corrected chi connectivity index (χ4v) is 3.32. The molecule has 0 aliphatic carbocycles. The highest BCUT2D eigenvalue weighted by Gasteiger charge is 2.47. The molecule has 27 heavy (non-hydrogen) atoms. The van der Waals surface area contributed by atoms with Gasteiger partial charge in [0.15, 0.2) is 0 Å². The molecule has 0 fully saturated rings. The standard InChI is InChI=1S/C23H24F2O2/c1-4-6-7-16(5-2)21-14-19-9-8-18(15-22(19)27-23(21,24)25)17-10-12-20(26-3)13-11-17/h5-13,15,21H,4,14H2,1-3H3/b7-6-,16-5+. The quantitative estimate of drug-likeness (QED) is 0.566. The first-order valence-corrected chi connectivity index (χ1v) is 9.15. The fourth-order valence-electron chi connectivity index (χ4n) is 3.32. The van der Waals surface area contributed by atoms with Gasteiger partial charge in [0.25, 0.3) is 0 Å². The van der Waals surface area contributed by atoms with E-state index >= 15 is 0 Å². The average molecular weight is 370 g/mol. The number of allylic oxidation sites excluding steroid dienone is 3. The summed E-state index contributed by atoms with van der Waals surface area (Å²) < 4.78 is 39.8. The van der Waals surface area contributed by atoms with Gasteiger partial charge in [0, 0.05) is 0 Å². The molecule has 1 heterocycles. The summed E-state index contributed by atoms with van der Waals surface area (Å²) in [6.45, 7) is 3.77. The monoisotopic (exact) mass is 370 g/mol. The average Bonchev–Trinajstić information content (AvgIpc) is 2.68. The van der Waals surface area contributed by atoms with Gasteiger partial charge in [0.05, 0.1) is 13.0 Å². The lowest BCUT2D eigenvalue weighted by Gasteiger charge is -2.34. The van der Waals surface area contributed by atoms with E-state index in [2.05, 4.69) is 0 Å². The number of hydrogen-bond donors (Lipinski definition) is 0. The Balaban J connectivity index is 1.91. The second-order valence-electron chi connectivity index (χ2n) is 6.57. The summed E-state index contributed by atoms with van der Waals surface area (Å²) in [5.74, 6) is 0.0190. The Labute approximate surface area is 159 Å². The molecule has 0 N–H and O–H groups in total. The molecule has 0 aromatic heterocycles. The van der Waals surface area contributed by atoms with E-state index in [1.54, 1.807) is 32.3 Å². The Hall–Kier alpha value is -2.62. The summed E-state index contributed by atoms with van der Waals surface area (Å²) >= 11 is 0. The topological polar surface area (TPSA) is 18.5 Å². The van der Waals surface area contributed by atoms with Crippen LogP contribution in [0.4, 0.5) is 8.78 Å². The van der Waals surface area contributed by atoms with Crippen LogP contribution < -0.4 is 9.47 Å². The summed E-state index contributed by atoms with van der Waals surface area (Å²) in [5, 5.41) is 0. The number of fused-ring (bicyclic) bond motifs is 1. The molecular formula is C23H24F2O2. The molecule has 1 aliphatic heterocycles. The summed E-state index contributed by atoms with van der Waals surface area (Å²) in [5.41, 5.74) is 3.16. The summed E-state index contributed by atoms with van der Waals surface area (Å²) in [4.78, 5) is 0. The van der Waals surface area contributed by atoms with E-state index in [0.717, 1.165) is 28.9 Å². The van der Waals surface area contributed by atoms with Crippen molar-refractivity contribution in [2.75, 3.05) is 7.11 Å². The van der Waals surface area contributed by atoms with Crippen LogP contribution in [0.25, 0.3) is 11.1 Å². The molecule has 0 amide bonds. The second kappa shape index (κ2) is 7.95. The molecule has 0 spiro atoms. The number of alkyl halides is 2. The molecule has 0 bridgehead atoms. The largest absolute Gasteiger partial charge is 0.497 e. The maximum atomic E-state index is 14.7. The molecule has 0 radical (unpaired) electrons. The van der Waals surface area contributed by atoms with Crippen LogP contribution in [-0.2, 0) is 6.42 Å². The molecule has 2 nitrogen and oxygen atoms in total. The second-order valence-corrected chi connectivity index (χ2v) is 6.57. The van der Waals surface area contributed by atoms with Gasteiger partial charge in [-0.05, 0) is 60.2 Å². The maximum absolute atomic E-state index is 14.7. The molecule has 3 rings (SSSR count). The minimum Gasteiger partial charge on any atom is -0.497 e.